The molecule has 4 heterocycles. The summed E-state index contributed by atoms with van der Waals surface area (Å²) in [4.78, 5) is 116. The zero-order valence-corrected chi connectivity index (χ0v) is 44.8. The Balaban J connectivity index is 1.88. The number of aliphatic hydroxyl groups excluding tert-OH is 1. The molecule has 4 fully saturated rings. The van der Waals surface area contributed by atoms with E-state index in [0.29, 0.717) is 17.6 Å². The van der Waals surface area contributed by atoms with Gasteiger partial charge in [0.25, 0.3) is 29.5 Å². The molecule has 0 aromatic rings. The highest BCUT2D eigenvalue weighted by atomic mass is 16.7. The third-order valence-electron chi connectivity index (χ3n) is 14.5. The number of aliphatic hydroxyl groups is 3. The largest absolute Gasteiger partial charge is 0.458 e. The molecule has 8 N–H and O–H groups in total. The number of hydrogen-bond donors (Lipinski definition) is 8. The number of nitrogens with one attached hydrogen (secondary N) is 4. The Kier molecular flexibility index (Phi) is 21.3. The van der Waals surface area contributed by atoms with Crippen molar-refractivity contribution in [3.63, 3.8) is 0 Å². The van der Waals surface area contributed by atoms with Crippen LogP contribution in [-0.2, 0) is 52.6 Å². The summed E-state index contributed by atoms with van der Waals surface area (Å²) >= 11 is 0. The number of likely N-dealkylation sites (N-methyl/N-ethyl adjacent to an activating group) is 1. The molecule has 4 aliphatic heterocycles. The topological polar surface area (TPSA) is 306 Å². The number of hydrogen-bond acceptors (Lipinski definition) is 17. The van der Waals surface area contributed by atoms with Crippen LogP contribution in [0.3, 0.4) is 0 Å². The van der Waals surface area contributed by atoms with Gasteiger partial charge in [-0.25, -0.2) is 20.7 Å². The van der Waals surface area contributed by atoms with Gasteiger partial charge in [0.05, 0.1) is 18.8 Å². The lowest BCUT2D eigenvalue weighted by Gasteiger charge is -2.48. The molecule has 0 spiro atoms. The molecule has 412 valence electrons. The SMILES string of the molecule is C/C=C(\C)C(=O)[C@@H](C)/C=C(\C)[C@H]1O[C@@](O)([C@](C)(O)C(=O)N[C@@H]2C(=O)N3NCCC[C@@H]3C(=O)N(O)[C@@H](COC)C(=O)N(C)[C@H](CC(C)C)C(=O)N3NCCC[C@H]3C(=O)N[C@H]([C@H](C)O)C(=O)O[C@H]2C(C)C)CC[C@@H]1C. The Morgan fingerprint density at radius 3 is 2.05 bits per heavy atom. The molecule has 4 rings (SSSR count). The van der Waals surface area contributed by atoms with Gasteiger partial charge in [0.1, 0.15) is 30.3 Å². The van der Waals surface area contributed by atoms with Gasteiger partial charge >= 0.3 is 5.97 Å². The van der Waals surface area contributed by atoms with Crippen molar-refractivity contribution < 1.29 is 73.1 Å². The number of cyclic esters (lactones) is 1. The first kappa shape index (κ1) is 60.7. The molecule has 0 bridgehead atoms. The number of carbonyl (C=O) groups is 8. The molecular formula is C50H82N8O15. The van der Waals surface area contributed by atoms with Crippen LogP contribution in [0, 0.1) is 23.7 Å². The number of hydrazine groups is 2. The molecule has 0 radical (unpaired) electrons. The predicted molar refractivity (Wildman–Crippen MR) is 263 cm³/mol. The molecular weight excluding hydrogens is 953 g/mol. The summed E-state index contributed by atoms with van der Waals surface area (Å²) in [6.07, 6.45) is -0.194. The minimum absolute atomic E-state index is 0.0684. The molecule has 0 aromatic carbocycles. The lowest BCUT2D eigenvalue weighted by molar-refractivity contribution is -0.321. The maximum Gasteiger partial charge on any atom is 0.331 e. The monoisotopic (exact) mass is 1030 g/mol. The Hall–Kier alpha value is -4.88. The number of nitrogens with zero attached hydrogens (tertiary/aromatic N) is 4. The van der Waals surface area contributed by atoms with Crippen LogP contribution >= 0.6 is 0 Å². The maximum atomic E-state index is 15.3. The van der Waals surface area contributed by atoms with Crippen molar-refractivity contribution in [2.24, 2.45) is 23.7 Å². The van der Waals surface area contributed by atoms with Gasteiger partial charge in [-0.3, -0.25) is 48.8 Å². The van der Waals surface area contributed by atoms with Crippen molar-refractivity contribution in [1.29, 1.82) is 0 Å². The van der Waals surface area contributed by atoms with Crippen molar-refractivity contribution in [2.45, 2.75) is 187 Å². The van der Waals surface area contributed by atoms with Crippen LogP contribution < -0.4 is 21.5 Å². The van der Waals surface area contributed by atoms with Gasteiger partial charge in [-0.2, -0.15) is 0 Å². The summed E-state index contributed by atoms with van der Waals surface area (Å²) in [6, 6.07) is -9.78. The summed E-state index contributed by atoms with van der Waals surface area (Å²) in [7, 11) is 2.54. The highest BCUT2D eigenvalue weighted by Gasteiger charge is 2.58. The van der Waals surface area contributed by atoms with Crippen LogP contribution in [0.2, 0.25) is 0 Å². The van der Waals surface area contributed by atoms with Gasteiger partial charge in [-0.05, 0) is 102 Å². The van der Waals surface area contributed by atoms with Gasteiger partial charge in [-0.15, -0.1) is 0 Å². The van der Waals surface area contributed by atoms with E-state index in [0.717, 1.165) is 21.8 Å². The molecule has 6 amide bonds. The number of fused-ring (bicyclic) bond motifs is 2. The standard InChI is InChI=1S/C50H82N8O15/c1-14-28(6)39(60)30(8)24-31(9)41-29(7)19-20-50(69,73-41)49(11,68)48(67)54-38-40(27(4)5)72-47(66)37(32(10)59)53-42(61)33-17-15-21-51-56(33)44(63)35(23-26(2)3)55(12)43(62)36(25-71-13)58(70)45(64)34-18-16-22-52-57(34)46(38)65/h14,24,26-27,29-30,32-38,40-41,51-52,59,68-70H,15-23,25H2,1-13H3,(H,53,61)(H,54,67)/b28-14+,31-24+/t29-,30-,32-,33-,34+,35+,36-,37+,38-,40-,41-,49+,50+/m0/s1. The zero-order chi connectivity index (χ0) is 55.0. The van der Waals surface area contributed by atoms with E-state index in [1.54, 1.807) is 39.8 Å². The minimum atomic E-state index is -2.86. The van der Waals surface area contributed by atoms with E-state index in [4.69, 9.17) is 14.2 Å². The fourth-order valence-electron chi connectivity index (χ4n) is 9.79. The second-order valence-corrected chi connectivity index (χ2v) is 21.1. The second kappa shape index (κ2) is 25.6. The van der Waals surface area contributed by atoms with E-state index in [-0.39, 0.29) is 74.3 Å². The van der Waals surface area contributed by atoms with E-state index >= 15 is 4.79 Å². The zero-order valence-electron chi connectivity index (χ0n) is 44.8. The fourth-order valence-corrected chi connectivity index (χ4v) is 9.79. The normalized spacial score (nSPS) is 31.9. The fraction of sp³-hybridized carbons (Fsp3) is 0.760. The van der Waals surface area contributed by atoms with Crippen molar-refractivity contribution in [2.75, 3.05) is 33.9 Å². The number of rotatable bonds is 13. The van der Waals surface area contributed by atoms with Crippen molar-refractivity contribution in [3.05, 3.63) is 23.3 Å². The number of Topliss-reactive ketones (excluding diaryl/α,β-unsaturated/α-hetero) is 1. The lowest BCUT2D eigenvalue weighted by Crippen LogP contribution is -2.70. The Bertz CT molecular complexity index is 2100. The number of ketones is 1. The maximum absolute atomic E-state index is 15.3. The summed E-state index contributed by atoms with van der Waals surface area (Å²) in [5, 5.41) is 54.3. The van der Waals surface area contributed by atoms with Crippen LogP contribution in [0.1, 0.15) is 121 Å². The Labute approximate surface area is 428 Å². The Morgan fingerprint density at radius 1 is 0.918 bits per heavy atom. The van der Waals surface area contributed by atoms with E-state index in [1.165, 1.54) is 34.9 Å². The van der Waals surface area contributed by atoms with Crippen LogP contribution in [0.4, 0.5) is 0 Å². The van der Waals surface area contributed by atoms with E-state index in [1.807, 2.05) is 20.8 Å². The van der Waals surface area contributed by atoms with Gasteiger partial charge < -0.3 is 45.1 Å². The van der Waals surface area contributed by atoms with E-state index in [2.05, 4.69) is 21.5 Å². The molecule has 23 nitrogen and oxygen atoms in total. The molecule has 0 aromatic heterocycles. The Morgan fingerprint density at radius 2 is 1.51 bits per heavy atom. The molecule has 0 saturated carbocycles. The third-order valence-corrected chi connectivity index (χ3v) is 14.5. The van der Waals surface area contributed by atoms with Gasteiger partial charge in [0, 0.05) is 39.6 Å². The summed E-state index contributed by atoms with van der Waals surface area (Å²) in [5.41, 5.74) is 4.01. The van der Waals surface area contributed by atoms with Crippen LogP contribution in [0.25, 0.3) is 0 Å². The summed E-state index contributed by atoms with van der Waals surface area (Å²) in [5.74, 6) is -12.2. The van der Waals surface area contributed by atoms with Crippen molar-refractivity contribution in [1.82, 2.24) is 41.5 Å². The molecule has 13 atom stereocenters. The molecule has 4 aliphatic rings. The number of amides is 6. The molecule has 0 unspecified atom stereocenters. The van der Waals surface area contributed by atoms with Crippen LogP contribution in [0.15, 0.2) is 23.3 Å². The number of allylic oxidation sites excluding steroid dienone is 3. The minimum Gasteiger partial charge on any atom is -0.458 e. The average molecular weight is 1040 g/mol. The summed E-state index contributed by atoms with van der Waals surface area (Å²) in [6.45, 7) is 17.3. The quantitative estimate of drug-likeness (QED) is 0.0536. The molecule has 0 aliphatic carbocycles. The third kappa shape index (κ3) is 13.7. The van der Waals surface area contributed by atoms with Gasteiger partial charge in [0.15, 0.2) is 23.5 Å². The highest BCUT2D eigenvalue weighted by molar-refractivity contribution is 5.98. The smallest absolute Gasteiger partial charge is 0.331 e. The molecule has 4 saturated heterocycles. The average Bonchev–Trinajstić information content (AvgIpc) is 3.35. The first-order valence-electron chi connectivity index (χ1n) is 25.4. The predicted octanol–water partition coefficient (Wildman–Crippen LogP) is 0.388. The first-order valence-corrected chi connectivity index (χ1v) is 25.4. The number of carbonyl (C=O) groups excluding carboxylic acids is 8. The number of hydroxylamine groups is 2. The first-order chi connectivity index (χ1) is 34.1. The van der Waals surface area contributed by atoms with Gasteiger partial charge in [0.2, 0.25) is 11.7 Å². The van der Waals surface area contributed by atoms with Crippen molar-refractivity contribution in [3.8, 4) is 0 Å². The highest BCUT2D eigenvalue weighted by Crippen LogP contribution is 2.41. The van der Waals surface area contributed by atoms with E-state index < -0.39 is 126 Å². The molecule has 23 heteroatoms. The number of ether oxygens (including phenoxy) is 3. The lowest BCUT2D eigenvalue weighted by atomic mass is 9.80. The molecule has 73 heavy (non-hydrogen) atoms. The van der Waals surface area contributed by atoms with Gasteiger partial charge in [-0.1, -0.05) is 53.7 Å². The van der Waals surface area contributed by atoms with Crippen LogP contribution in [0.5, 0.6) is 0 Å². The van der Waals surface area contributed by atoms with Crippen LogP contribution in [-0.4, -0.2) is 188 Å². The number of methoxy groups -OCH3 is 1. The van der Waals surface area contributed by atoms with E-state index in [9.17, 15) is 54.1 Å². The summed E-state index contributed by atoms with van der Waals surface area (Å²) < 4.78 is 17.5. The number of esters is 1. The van der Waals surface area contributed by atoms with Crippen molar-refractivity contribution >= 4 is 47.2 Å². The second-order valence-electron chi connectivity index (χ2n) is 21.1.